The van der Waals surface area contributed by atoms with Crippen LogP contribution < -0.4 is 0 Å². The monoisotopic (exact) mass is 792 g/mol. The van der Waals surface area contributed by atoms with Crippen LogP contribution in [0.15, 0.2) is 0 Å². The van der Waals surface area contributed by atoms with Crippen molar-refractivity contribution in [3.8, 4) is 0 Å². The molecule has 0 amide bonds. The fraction of sp³-hybridized carbons (Fsp3) is 1.00. The SMILES string of the molecule is COC1[C@H]2OC3(CCC4(CC3)OCC3(COC5(CCCCC5)OC3)CO4)O[C@H]2C(OC)[C@@H]2OC3(CCC4(CC3)OCC3(COC5(CCCCC5)OC3)CO4)O[C@H]12. The van der Waals surface area contributed by atoms with Crippen molar-refractivity contribution >= 4 is 0 Å². The molecule has 8 spiro atoms. The number of ether oxygens (including phenoxy) is 14. The van der Waals surface area contributed by atoms with Gasteiger partial charge in [0.05, 0.1) is 63.7 Å². The van der Waals surface area contributed by atoms with E-state index in [0.29, 0.717) is 104 Å². The highest BCUT2D eigenvalue weighted by atomic mass is 16.8. The fourth-order valence-electron chi connectivity index (χ4n) is 12.0. The molecule has 56 heavy (non-hydrogen) atoms. The topological polar surface area (TPSA) is 129 Å². The van der Waals surface area contributed by atoms with Gasteiger partial charge < -0.3 is 66.3 Å². The standard InChI is InChI=1S/C42H64O14/c1-43-29-31-33(55-41(53-31)17-13-39(14-18-41)49-25-35(26-50-39)21-45-37(46-22-35)9-5-3-6-10-37)30(44-2)34-32(29)54-42(56-34)19-15-40(16-20-42)51-27-36(28-52-40)23-47-38(48-24-36)11-7-4-8-12-38/h29-34H,3-28H2,1-2H3/t29?,30?,31-,32-,33+,34+. The minimum absolute atomic E-state index is 0.263. The predicted molar refractivity (Wildman–Crippen MR) is 193 cm³/mol. The van der Waals surface area contributed by atoms with Gasteiger partial charge in [0.15, 0.2) is 34.7 Å². The number of methoxy groups -OCH3 is 2. The summed E-state index contributed by atoms with van der Waals surface area (Å²) in [6, 6.07) is 0. The number of fused-ring (bicyclic) bond motifs is 2. The maximum atomic E-state index is 6.93. The molecule has 0 aromatic heterocycles. The summed E-state index contributed by atoms with van der Waals surface area (Å²) in [4.78, 5) is 0. The lowest BCUT2D eigenvalue weighted by Gasteiger charge is -2.53. The van der Waals surface area contributed by atoms with E-state index in [1.165, 1.54) is 12.8 Å². The van der Waals surface area contributed by atoms with Crippen LogP contribution in [0.5, 0.6) is 0 Å². The second kappa shape index (κ2) is 14.0. The third kappa shape index (κ3) is 6.41. The van der Waals surface area contributed by atoms with E-state index in [1.807, 2.05) is 0 Å². The lowest BCUT2D eigenvalue weighted by Crippen LogP contribution is -2.62. The molecule has 6 aliphatic heterocycles. The lowest BCUT2D eigenvalue weighted by atomic mass is 9.84. The van der Waals surface area contributed by atoms with Crippen LogP contribution in [0.3, 0.4) is 0 Å². The summed E-state index contributed by atoms with van der Waals surface area (Å²) in [6.45, 7) is 4.70. The van der Waals surface area contributed by atoms with Crippen molar-refractivity contribution in [2.75, 3.05) is 67.1 Å². The van der Waals surface area contributed by atoms with Crippen LogP contribution in [0.2, 0.25) is 0 Å². The van der Waals surface area contributed by atoms with Gasteiger partial charge in [0.2, 0.25) is 0 Å². The summed E-state index contributed by atoms with van der Waals surface area (Å²) >= 11 is 0. The summed E-state index contributed by atoms with van der Waals surface area (Å²) in [5, 5.41) is 0. The maximum Gasteiger partial charge on any atom is 0.169 e. The molecule has 6 heterocycles. The Morgan fingerprint density at radius 2 is 0.536 bits per heavy atom. The number of hydrogen-bond acceptors (Lipinski definition) is 14. The van der Waals surface area contributed by atoms with Gasteiger partial charge in [-0.05, 0) is 25.7 Å². The van der Waals surface area contributed by atoms with Crippen molar-refractivity contribution in [2.45, 2.75) is 187 Å². The first-order valence-corrected chi connectivity index (χ1v) is 22.1. The Labute approximate surface area is 330 Å². The van der Waals surface area contributed by atoms with E-state index in [2.05, 4.69) is 0 Å². The lowest BCUT2D eigenvalue weighted by molar-refractivity contribution is -0.384. The third-order valence-corrected chi connectivity index (χ3v) is 15.8. The fourth-order valence-corrected chi connectivity index (χ4v) is 12.0. The number of rotatable bonds is 2. The highest BCUT2D eigenvalue weighted by Crippen LogP contribution is 2.56. The van der Waals surface area contributed by atoms with Gasteiger partial charge in [-0.25, -0.2) is 0 Å². The Hall–Kier alpha value is -0.560. The summed E-state index contributed by atoms with van der Waals surface area (Å²) in [5.41, 5.74) is -0.525. The Bertz CT molecular complexity index is 1250. The van der Waals surface area contributed by atoms with E-state index in [-0.39, 0.29) is 47.5 Å². The predicted octanol–water partition coefficient (Wildman–Crippen LogP) is 5.01. The molecule has 11 aliphatic rings. The Kier molecular flexibility index (Phi) is 9.58. The molecule has 0 radical (unpaired) electrons. The zero-order valence-electron chi connectivity index (χ0n) is 33.6. The van der Waals surface area contributed by atoms with Gasteiger partial charge in [0, 0.05) is 91.3 Å². The van der Waals surface area contributed by atoms with Crippen molar-refractivity contribution in [3.63, 3.8) is 0 Å². The van der Waals surface area contributed by atoms with Crippen molar-refractivity contribution in [1.82, 2.24) is 0 Å². The van der Waals surface area contributed by atoms with Gasteiger partial charge in [0.1, 0.15) is 36.6 Å². The molecule has 0 bridgehead atoms. The maximum absolute atomic E-state index is 6.93. The molecule has 11 rings (SSSR count). The van der Waals surface area contributed by atoms with Gasteiger partial charge in [-0.1, -0.05) is 12.8 Å². The highest BCUT2D eigenvalue weighted by molar-refractivity contribution is 5.12. The van der Waals surface area contributed by atoms with Crippen molar-refractivity contribution in [1.29, 1.82) is 0 Å². The summed E-state index contributed by atoms with van der Waals surface area (Å²) in [5.74, 6) is -3.69. The minimum atomic E-state index is -0.785. The molecule has 14 heteroatoms. The molecule has 5 aliphatic carbocycles. The molecule has 5 saturated carbocycles. The first kappa shape index (κ1) is 38.4. The molecule has 0 N–H and O–H groups in total. The summed E-state index contributed by atoms with van der Waals surface area (Å²) in [7, 11) is 3.45. The first-order chi connectivity index (χ1) is 27.2. The van der Waals surface area contributed by atoms with Gasteiger partial charge in [-0.2, -0.15) is 0 Å². The summed E-state index contributed by atoms with van der Waals surface area (Å²) < 4.78 is 92.0. The first-order valence-electron chi connectivity index (χ1n) is 22.1. The summed E-state index contributed by atoms with van der Waals surface area (Å²) in [6.07, 6.45) is 14.0. The van der Waals surface area contributed by atoms with Gasteiger partial charge >= 0.3 is 0 Å². The zero-order chi connectivity index (χ0) is 37.7. The van der Waals surface area contributed by atoms with Crippen molar-refractivity contribution in [2.24, 2.45) is 10.8 Å². The average molecular weight is 793 g/mol. The van der Waals surface area contributed by atoms with E-state index in [0.717, 1.165) is 51.4 Å². The van der Waals surface area contributed by atoms with Crippen LogP contribution in [0.1, 0.15) is 116 Å². The molecule has 0 aromatic rings. The van der Waals surface area contributed by atoms with Gasteiger partial charge in [0.25, 0.3) is 0 Å². The van der Waals surface area contributed by atoms with E-state index in [4.69, 9.17) is 66.3 Å². The minimum Gasteiger partial charge on any atom is -0.376 e. The van der Waals surface area contributed by atoms with Crippen LogP contribution in [0, 0.1) is 10.8 Å². The normalized spacial score (nSPS) is 42.1. The average Bonchev–Trinajstić information content (AvgIpc) is 3.80. The molecule has 0 aromatic carbocycles. The van der Waals surface area contributed by atoms with Crippen LogP contribution in [0.4, 0.5) is 0 Å². The molecular formula is C42H64O14. The molecular weight excluding hydrogens is 728 g/mol. The molecule has 11 fully saturated rings. The smallest absolute Gasteiger partial charge is 0.169 e. The van der Waals surface area contributed by atoms with Crippen LogP contribution >= 0.6 is 0 Å². The highest BCUT2D eigenvalue weighted by Gasteiger charge is 2.68. The van der Waals surface area contributed by atoms with E-state index >= 15 is 0 Å². The van der Waals surface area contributed by atoms with E-state index < -0.39 is 34.7 Å². The van der Waals surface area contributed by atoms with E-state index in [1.54, 1.807) is 14.2 Å². The quantitative estimate of drug-likeness (QED) is 0.372. The Morgan fingerprint density at radius 1 is 0.304 bits per heavy atom. The largest absolute Gasteiger partial charge is 0.376 e. The zero-order valence-corrected chi connectivity index (χ0v) is 33.6. The molecule has 14 nitrogen and oxygen atoms in total. The molecule has 316 valence electrons. The van der Waals surface area contributed by atoms with Crippen LogP contribution in [0.25, 0.3) is 0 Å². The molecule has 6 saturated heterocycles. The van der Waals surface area contributed by atoms with Crippen LogP contribution in [-0.2, 0) is 66.3 Å². The number of hydrogen-bond donors (Lipinski definition) is 0. The van der Waals surface area contributed by atoms with Crippen LogP contribution in [-0.4, -0.2) is 138 Å². The molecule has 4 atom stereocenters. The van der Waals surface area contributed by atoms with E-state index in [9.17, 15) is 0 Å². The molecule has 0 unspecified atom stereocenters. The second-order valence-electron chi connectivity index (χ2n) is 19.6. The van der Waals surface area contributed by atoms with Gasteiger partial charge in [-0.3, -0.25) is 0 Å². The third-order valence-electron chi connectivity index (χ3n) is 15.8. The Morgan fingerprint density at radius 3 is 0.786 bits per heavy atom. The van der Waals surface area contributed by atoms with Gasteiger partial charge in [-0.15, -0.1) is 0 Å². The Balaban J connectivity index is 0.693. The van der Waals surface area contributed by atoms with Crippen molar-refractivity contribution < 1.29 is 66.3 Å². The second-order valence-corrected chi connectivity index (χ2v) is 19.6. The van der Waals surface area contributed by atoms with Crippen molar-refractivity contribution in [3.05, 3.63) is 0 Å².